The SMILES string of the molecule is COc1ccccc1[NH+]=C(N)N. The van der Waals surface area contributed by atoms with Gasteiger partial charge in [0.15, 0.2) is 5.75 Å². The molecule has 0 radical (unpaired) electrons. The normalized spacial score (nSPS) is 9.08. The number of rotatable bonds is 2. The molecule has 12 heavy (non-hydrogen) atoms. The monoisotopic (exact) mass is 166 g/mol. The molecule has 4 heteroatoms. The summed E-state index contributed by atoms with van der Waals surface area (Å²) in [7, 11) is 1.59. The molecule has 4 nitrogen and oxygen atoms in total. The summed E-state index contributed by atoms with van der Waals surface area (Å²) < 4.78 is 5.06. The second-order valence-corrected chi connectivity index (χ2v) is 2.28. The van der Waals surface area contributed by atoms with Gasteiger partial charge in [-0.1, -0.05) is 12.1 Å². The minimum absolute atomic E-state index is 0.152. The van der Waals surface area contributed by atoms with Gasteiger partial charge in [-0.2, -0.15) is 0 Å². The highest BCUT2D eigenvalue weighted by Gasteiger charge is 2.00. The van der Waals surface area contributed by atoms with Crippen molar-refractivity contribution in [2.75, 3.05) is 7.11 Å². The lowest BCUT2D eigenvalue weighted by Gasteiger charge is -2.01. The van der Waals surface area contributed by atoms with E-state index in [0.29, 0.717) is 5.75 Å². The molecule has 0 saturated carbocycles. The summed E-state index contributed by atoms with van der Waals surface area (Å²) in [5.41, 5.74) is 11.3. The number of para-hydroxylation sites is 2. The van der Waals surface area contributed by atoms with E-state index in [9.17, 15) is 0 Å². The highest BCUT2D eigenvalue weighted by molar-refractivity contribution is 5.70. The van der Waals surface area contributed by atoms with Crippen molar-refractivity contribution in [1.29, 1.82) is 0 Å². The summed E-state index contributed by atoms with van der Waals surface area (Å²) in [6.07, 6.45) is 0. The number of nitrogens with one attached hydrogen (secondary N) is 1. The molecule has 0 aliphatic rings. The highest BCUT2D eigenvalue weighted by Crippen LogP contribution is 2.16. The van der Waals surface area contributed by atoms with Crippen LogP contribution in [0.15, 0.2) is 24.3 Å². The van der Waals surface area contributed by atoms with E-state index >= 15 is 0 Å². The predicted molar refractivity (Wildman–Crippen MR) is 47.0 cm³/mol. The molecule has 0 saturated heterocycles. The van der Waals surface area contributed by atoms with Crippen molar-refractivity contribution in [3.8, 4) is 5.75 Å². The van der Waals surface area contributed by atoms with Gasteiger partial charge < -0.3 is 4.74 Å². The zero-order valence-corrected chi connectivity index (χ0v) is 6.87. The Morgan fingerprint density at radius 1 is 1.33 bits per heavy atom. The predicted octanol–water partition coefficient (Wildman–Crippen LogP) is -1.32. The second-order valence-electron chi connectivity index (χ2n) is 2.28. The van der Waals surface area contributed by atoms with Gasteiger partial charge in [-0.05, 0) is 12.1 Å². The summed E-state index contributed by atoms with van der Waals surface area (Å²) in [5.74, 6) is 0.866. The van der Waals surface area contributed by atoms with Gasteiger partial charge in [-0.15, -0.1) is 0 Å². The lowest BCUT2D eigenvalue weighted by Crippen LogP contribution is -2.72. The van der Waals surface area contributed by atoms with Crippen LogP contribution in [0, 0.1) is 0 Å². The molecule has 0 heterocycles. The van der Waals surface area contributed by atoms with Crippen molar-refractivity contribution in [3.05, 3.63) is 24.3 Å². The summed E-state index contributed by atoms with van der Waals surface area (Å²) in [6, 6.07) is 7.40. The molecule has 0 aliphatic heterocycles. The van der Waals surface area contributed by atoms with Crippen LogP contribution in [0.25, 0.3) is 0 Å². The molecule has 1 aromatic rings. The van der Waals surface area contributed by atoms with Gasteiger partial charge in [-0.3, -0.25) is 11.5 Å². The third-order valence-electron chi connectivity index (χ3n) is 1.39. The fourth-order valence-corrected chi connectivity index (χ4v) is 0.903. The van der Waals surface area contributed by atoms with E-state index < -0.39 is 0 Å². The maximum atomic E-state index is 5.28. The number of methoxy groups -OCH3 is 1. The van der Waals surface area contributed by atoms with E-state index in [2.05, 4.69) is 4.99 Å². The second kappa shape index (κ2) is 3.61. The van der Waals surface area contributed by atoms with Crippen molar-refractivity contribution in [3.63, 3.8) is 0 Å². The topological polar surface area (TPSA) is 75.2 Å². The Bertz CT molecular complexity index is 292. The lowest BCUT2D eigenvalue weighted by molar-refractivity contribution is -0.357. The van der Waals surface area contributed by atoms with Crippen LogP contribution in [0.1, 0.15) is 0 Å². The minimum atomic E-state index is 0.152. The zero-order valence-electron chi connectivity index (χ0n) is 6.87. The molecule has 0 fully saturated rings. The molecule has 5 N–H and O–H groups in total. The Kier molecular flexibility index (Phi) is 2.53. The molecule has 0 atom stereocenters. The average molecular weight is 166 g/mol. The first-order valence-corrected chi connectivity index (χ1v) is 3.52. The van der Waals surface area contributed by atoms with E-state index in [-0.39, 0.29) is 5.96 Å². The number of hydrogen-bond acceptors (Lipinski definition) is 1. The molecular weight excluding hydrogens is 154 g/mol. The summed E-state index contributed by atoms with van der Waals surface area (Å²) in [4.78, 5) is 2.77. The van der Waals surface area contributed by atoms with Crippen LogP contribution in [-0.2, 0) is 0 Å². The zero-order chi connectivity index (χ0) is 8.97. The Morgan fingerprint density at radius 3 is 2.58 bits per heavy atom. The quantitative estimate of drug-likeness (QED) is 0.377. The lowest BCUT2D eigenvalue weighted by atomic mass is 10.3. The highest BCUT2D eigenvalue weighted by atomic mass is 16.5. The molecule has 0 spiro atoms. The number of guanidine groups is 1. The molecule has 0 bridgehead atoms. The van der Waals surface area contributed by atoms with E-state index in [1.807, 2.05) is 24.3 Å². The number of ether oxygens (including phenoxy) is 1. The van der Waals surface area contributed by atoms with Crippen molar-refractivity contribution < 1.29 is 9.73 Å². The van der Waals surface area contributed by atoms with Crippen LogP contribution in [0.2, 0.25) is 0 Å². The molecule has 1 rings (SSSR count). The summed E-state index contributed by atoms with van der Waals surface area (Å²) in [6.45, 7) is 0. The van der Waals surface area contributed by atoms with Crippen molar-refractivity contribution in [1.82, 2.24) is 0 Å². The van der Waals surface area contributed by atoms with E-state index in [1.54, 1.807) is 7.11 Å². The molecule has 0 aromatic heterocycles. The van der Waals surface area contributed by atoms with E-state index in [4.69, 9.17) is 16.2 Å². The van der Waals surface area contributed by atoms with Crippen molar-refractivity contribution in [2.45, 2.75) is 0 Å². The van der Waals surface area contributed by atoms with Crippen LogP contribution in [0.4, 0.5) is 5.69 Å². The van der Waals surface area contributed by atoms with Crippen LogP contribution in [0.3, 0.4) is 0 Å². The molecule has 64 valence electrons. The number of hydrogen-bond donors (Lipinski definition) is 3. The Morgan fingerprint density at radius 2 is 2.00 bits per heavy atom. The molecule has 1 aromatic carbocycles. The standard InChI is InChI=1S/C8H11N3O/c1-12-7-5-3-2-4-6(7)11-8(9)10/h2-5H,1H3,(H4,9,10,11)/p+1. The largest absolute Gasteiger partial charge is 0.493 e. The van der Waals surface area contributed by atoms with Gasteiger partial charge in [0, 0.05) is 0 Å². The van der Waals surface area contributed by atoms with Gasteiger partial charge in [0.2, 0.25) is 0 Å². The Labute approximate surface area is 70.8 Å². The van der Waals surface area contributed by atoms with Gasteiger partial charge in [-0.25, -0.2) is 4.99 Å². The first kappa shape index (κ1) is 8.39. The molecular formula is C8H12N3O+. The molecule has 0 aliphatic carbocycles. The van der Waals surface area contributed by atoms with Crippen molar-refractivity contribution >= 4 is 11.6 Å². The van der Waals surface area contributed by atoms with Crippen LogP contribution >= 0.6 is 0 Å². The van der Waals surface area contributed by atoms with Crippen LogP contribution in [0.5, 0.6) is 5.75 Å². The Balaban J connectivity index is 3.05. The van der Waals surface area contributed by atoms with Gasteiger partial charge >= 0.3 is 5.96 Å². The molecule has 0 unspecified atom stereocenters. The average Bonchev–Trinajstić information content (AvgIpc) is 2.04. The van der Waals surface area contributed by atoms with E-state index in [1.165, 1.54) is 0 Å². The third kappa shape index (κ3) is 1.88. The van der Waals surface area contributed by atoms with Gasteiger partial charge in [0.25, 0.3) is 0 Å². The summed E-state index contributed by atoms with van der Waals surface area (Å²) in [5, 5.41) is 0. The third-order valence-corrected chi connectivity index (χ3v) is 1.39. The first-order chi connectivity index (χ1) is 5.74. The first-order valence-electron chi connectivity index (χ1n) is 3.52. The summed E-state index contributed by atoms with van der Waals surface area (Å²) >= 11 is 0. The maximum absolute atomic E-state index is 5.28. The Hall–Kier alpha value is -1.71. The smallest absolute Gasteiger partial charge is 0.343 e. The maximum Gasteiger partial charge on any atom is 0.343 e. The van der Waals surface area contributed by atoms with Crippen LogP contribution < -0.4 is 21.2 Å². The van der Waals surface area contributed by atoms with Gasteiger partial charge in [0.05, 0.1) is 7.11 Å². The van der Waals surface area contributed by atoms with E-state index in [0.717, 1.165) is 5.69 Å². The van der Waals surface area contributed by atoms with Crippen molar-refractivity contribution in [2.24, 2.45) is 11.5 Å². The molecule has 0 amide bonds. The number of benzene rings is 1. The fraction of sp³-hybridized carbons (Fsp3) is 0.125. The van der Waals surface area contributed by atoms with Crippen LogP contribution in [-0.4, -0.2) is 13.1 Å². The van der Waals surface area contributed by atoms with Gasteiger partial charge in [0.1, 0.15) is 5.69 Å². The minimum Gasteiger partial charge on any atom is -0.493 e. The fourth-order valence-electron chi connectivity index (χ4n) is 0.903. The number of nitrogens with two attached hydrogens (primary N) is 2.